The van der Waals surface area contributed by atoms with Gasteiger partial charge < -0.3 is 31.1 Å². The summed E-state index contributed by atoms with van der Waals surface area (Å²) in [6.07, 6.45) is 6.37. The van der Waals surface area contributed by atoms with Crippen LogP contribution in [-0.2, 0) is 20.7 Å². The van der Waals surface area contributed by atoms with Gasteiger partial charge in [-0.25, -0.2) is 8.78 Å². The molecule has 0 saturated carbocycles. The number of ether oxygens (including phenoxy) is 1. The second kappa shape index (κ2) is 14.4. The minimum Gasteiger partial charge on any atom is -0.405 e. The van der Waals surface area contributed by atoms with Crippen molar-refractivity contribution in [2.24, 2.45) is 11.7 Å². The first-order valence-electron chi connectivity index (χ1n) is 13.2. The summed E-state index contributed by atoms with van der Waals surface area (Å²) in [4.78, 5) is 27.3. The molecule has 0 bridgehead atoms. The monoisotopic (exact) mass is 522 g/mol. The summed E-state index contributed by atoms with van der Waals surface area (Å²) in [5.74, 6) is -2.45. The number of likely N-dealkylation sites (tertiary alicyclic amines) is 1. The number of halogens is 2. The molecule has 2 fully saturated rings. The highest BCUT2D eigenvalue weighted by Gasteiger charge is 2.38. The summed E-state index contributed by atoms with van der Waals surface area (Å²) in [5, 5.41) is 17.4. The highest BCUT2D eigenvalue weighted by Crippen LogP contribution is 2.22. The van der Waals surface area contributed by atoms with Gasteiger partial charge in [0.1, 0.15) is 11.6 Å². The van der Waals surface area contributed by atoms with Gasteiger partial charge in [-0.15, -0.1) is 0 Å². The molecule has 2 aliphatic rings. The van der Waals surface area contributed by atoms with Gasteiger partial charge in [0.2, 0.25) is 11.8 Å². The van der Waals surface area contributed by atoms with Gasteiger partial charge in [0.15, 0.2) is 0 Å². The number of carbonyl (C=O) groups is 2. The maximum absolute atomic E-state index is 13.9. The molecule has 5 N–H and O–H groups in total. The zero-order chi connectivity index (χ0) is 26.8. The first kappa shape index (κ1) is 29.0. The van der Waals surface area contributed by atoms with Gasteiger partial charge in [-0.2, -0.15) is 0 Å². The number of allylic oxidation sites excluding steroid dienone is 1. The number of carbonyl (C=O) groups excluding carboxylic acids is 2. The number of nitrogens with two attached hydrogens (primary N) is 1. The number of hydrogen-bond donors (Lipinski definition) is 4. The van der Waals surface area contributed by atoms with Crippen molar-refractivity contribution in [2.45, 2.75) is 76.2 Å². The van der Waals surface area contributed by atoms with Gasteiger partial charge in [0, 0.05) is 44.8 Å². The van der Waals surface area contributed by atoms with Crippen molar-refractivity contribution < 1.29 is 28.2 Å². The fraction of sp³-hybridized carbons (Fsp3) is 0.630. The lowest BCUT2D eigenvalue weighted by atomic mass is 9.94. The van der Waals surface area contributed by atoms with E-state index in [-0.39, 0.29) is 36.8 Å². The number of aliphatic hydroxyl groups excluding tert-OH is 1. The van der Waals surface area contributed by atoms with Crippen molar-refractivity contribution in [1.29, 1.82) is 0 Å². The third-order valence-corrected chi connectivity index (χ3v) is 7.03. The van der Waals surface area contributed by atoms with E-state index in [0.717, 1.165) is 31.7 Å². The predicted octanol–water partition coefficient (Wildman–Crippen LogP) is 2.00. The van der Waals surface area contributed by atoms with Crippen molar-refractivity contribution >= 4 is 11.8 Å². The van der Waals surface area contributed by atoms with Gasteiger partial charge in [-0.05, 0) is 56.0 Å². The average Bonchev–Trinajstić information content (AvgIpc) is 3.47. The quantitative estimate of drug-likeness (QED) is 0.278. The lowest BCUT2D eigenvalue weighted by molar-refractivity contribution is -0.129. The Kier molecular flexibility index (Phi) is 11.3. The van der Waals surface area contributed by atoms with Crippen LogP contribution in [0.5, 0.6) is 0 Å². The fourth-order valence-corrected chi connectivity index (χ4v) is 5.00. The molecule has 1 aromatic rings. The van der Waals surface area contributed by atoms with E-state index in [0.29, 0.717) is 38.2 Å². The van der Waals surface area contributed by atoms with Crippen LogP contribution in [-0.4, -0.2) is 72.4 Å². The molecule has 0 radical (unpaired) electrons. The van der Waals surface area contributed by atoms with Crippen LogP contribution in [0.2, 0.25) is 0 Å². The van der Waals surface area contributed by atoms with E-state index in [1.165, 1.54) is 18.3 Å². The normalized spacial score (nSPS) is 23.6. The molecule has 37 heavy (non-hydrogen) atoms. The topological polar surface area (TPSA) is 117 Å². The van der Waals surface area contributed by atoms with E-state index in [1.54, 1.807) is 4.90 Å². The molecule has 10 heteroatoms. The summed E-state index contributed by atoms with van der Waals surface area (Å²) in [7, 11) is 0. The molecule has 2 aliphatic heterocycles. The third kappa shape index (κ3) is 8.76. The van der Waals surface area contributed by atoms with Crippen molar-refractivity contribution in [3.8, 4) is 0 Å². The summed E-state index contributed by atoms with van der Waals surface area (Å²) in [6, 6.07) is 2.02. The Balaban J connectivity index is 1.65. The van der Waals surface area contributed by atoms with Gasteiger partial charge in [0.05, 0.1) is 24.2 Å². The van der Waals surface area contributed by atoms with Crippen LogP contribution in [0.25, 0.3) is 0 Å². The first-order valence-corrected chi connectivity index (χ1v) is 13.2. The molecule has 2 heterocycles. The smallest absolute Gasteiger partial charge is 0.225 e. The number of benzene rings is 1. The SMILES string of the molecule is CCCCO[C@H]1CN[C@@H]([C@@H](O)[C@H](Cc2cc(F)cc(F)c2)NC(=O)C2CC(=O)N(CCC/C=C\N)C2)C1. The molecule has 8 nitrogen and oxygen atoms in total. The van der Waals surface area contributed by atoms with Gasteiger partial charge in [-0.1, -0.05) is 19.4 Å². The van der Waals surface area contributed by atoms with Crippen molar-refractivity contribution in [3.63, 3.8) is 0 Å². The molecule has 3 rings (SSSR count). The van der Waals surface area contributed by atoms with Gasteiger partial charge in [-0.3, -0.25) is 9.59 Å². The largest absolute Gasteiger partial charge is 0.405 e. The Bertz CT molecular complexity index is 911. The zero-order valence-electron chi connectivity index (χ0n) is 21.5. The van der Waals surface area contributed by atoms with E-state index >= 15 is 0 Å². The number of nitrogens with zero attached hydrogens (tertiary/aromatic N) is 1. The Morgan fingerprint density at radius 2 is 2.08 bits per heavy atom. The van der Waals surface area contributed by atoms with E-state index in [2.05, 4.69) is 17.6 Å². The Labute approximate surface area is 217 Å². The molecule has 1 unspecified atom stereocenters. The molecule has 5 atom stereocenters. The van der Waals surface area contributed by atoms with Crippen LogP contribution >= 0.6 is 0 Å². The molecule has 0 spiro atoms. The van der Waals surface area contributed by atoms with Crippen LogP contribution in [0.4, 0.5) is 8.78 Å². The summed E-state index contributed by atoms with van der Waals surface area (Å²) < 4.78 is 33.6. The second-order valence-electron chi connectivity index (χ2n) is 10.00. The standard InChI is InChI=1S/C27H40F2N4O4/c1-2-3-9-37-22-15-23(31-16-22)26(35)24(12-18-10-20(28)14-21(29)11-18)32-27(36)19-13-25(34)33(17-19)8-6-4-5-7-30/h5,7,10-11,14,19,22-24,26,31,35H,2-4,6,8-9,12-13,15-17,30H2,1H3,(H,32,36)/b7-5-/t19?,22-,23-,24+,26-/m1/s1. The van der Waals surface area contributed by atoms with Crippen molar-refractivity contribution in [3.05, 3.63) is 47.7 Å². The first-order chi connectivity index (χ1) is 17.8. The second-order valence-corrected chi connectivity index (χ2v) is 10.00. The van der Waals surface area contributed by atoms with Crippen LogP contribution in [0.3, 0.4) is 0 Å². The van der Waals surface area contributed by atoms with Gasteiger partial charge >= 0.3 is 0 Å². The zero-order valence-corrected chi connectivity index (χ0v) is 21.5. The van der Waals surface area contributed by atoms with Crippen LogP contribution in [0.15, 0.2) is 30.5 Å². The average molecular weight is 523 g/mol. The van der Waals surface area contributed by atoms with E-state index in [1.807, 2.05) is 6.08 Å². The third-order valence-electron chi connectivity index (χ3n) is 7.03. The molecule has 206 valence electrons. The fourth-order valence-electron chi connectivity index (χ4n) is 5.00. The van der Waals surface area contributed by atoms with Crippen molar-refractivity contribution in [2.75, 3.05) is 26.2 Å². The molecule has 0 aromatic heterocycles. The van der Waals surface area contributed by atoms with E-state index in [4.69, 9.17) is 10.5 Å². The number of unbranched alkanes of at least 4 members (excludes halogenated alkanes) is 2. The Morgan fingerprint density at radius 1 is 1.32 bits per heavy atom. The molecular formula is C27H40F2N4O4. The van der Waals surface area contributed by atoms with E-state index < -0.39 is 29.7 Å². The van der Waals surface area contributed by atoms with Gasteiger partial charge in [0.25, 0.3) is 0 Å². The number of hydrogen-bond acceptors (Lipinski definition) is 6. The highest BCUT2D eigenvalue weighted by molar-refractivity contribution is 5.89. The number of amides is 2. The number of nitrogens with one attached hydrogen (secondary N) is 2. The Morgan fingerprint density at radius 3 is 2.78 bits per heavy atom. The minimum atomic E-state index is -1.02. The van der Waals surface area contributed by atoms with Crippen LogP contribution in [0.1, 0.15) is 51.0 Å². The minimum absolute atomic E-state index is 0.0386. The highest BCUT2D eigenvalue weighted by atomic mass is 19.1. The lowest BCUT2D eigenvalue weighted by Gasteiger charge is -2.29. The number of rotatable bonds is 14. The predicted molar refractivity (Wildman–Crippen MR) is 136 cm³/mol. The van der Waals surface area contributed by atoms with E-state index in [9.17, 15) is 23.5 Å². The summed E-state index contributed by atoms with van der Waals surface area (Å²) in [6.45, 7) is 4.13. The van der Waals surface area contributed by atoms with Crippen LogP contribution in [0, 0.1) is 17.6 Å². The molecular weight excluding hydrogens is 482 g/mol. The molecule has 1 aromatic carbocycles. The summed E-state index contributed by atoms with van der Waals surface area (Å²) in [5.41, 5.74) is 5.67. The Hall–Kier alpha value is -2.56. The molecule has 0 aliphatic carbocycles. The summed E-state index contributed by atoms with van der Waals surface area (Å²) >= 11 is 0. The maximum Gasteiger partial charge on any atom is 0.225 e. The van der Waals surface area contributed by atoms with Crippen molar-refractivity contribution in [1.82, 2.24) is 15.5 Å². The lowest BCUT2D eigenvalue weighted by Crippen LogP contribution is -2.53. The molecule has 2 saturated heterocycles. The van der Waals surface area contributed by atoms with Crippen LogP contribution < -0.4 is 16.4 Å². The number of aliphatic hydroxyl groups is 1. The maximum atomic E-state index is 13.9. The molecule has 2 amide bonds.